The van der Waals surface area contributed by atoms with Crippen molar-refractivity contribution in [1.82, 2.24) is 14.6 Å². The molecule has 0 radical (unpaired) electrons. The number of thioether (sulfide) groups is 1. The second-order valence-corrected chi connectivity index (χ2v) is 10.6. The number of nitrogens with zero attached hydrogens (tertiary/aromatic N) is 2. The second kappa shape index (κ2) is 8.41. The molecule has 3 heterocycles. The number of sulfonamides is 1. The summed E-state index contributed by atoms with van der Waals surface area (Å²) < 4.78 is 26.9. The van der Waals surface area contributed by atoms with Gasteiger partial charge >= 0.3 is 0 Å². The number of benzene rings is 1. The van der Waals surface area contributed by atoms with Gasteiger partial charge in [0.1, 0.15) is 10.6 Å². The summed E-state index contributed by atoms with van der Waals surface area (Å²) in [5.74, 6) is 1.29. The number of aryl methyl sites for hydroxylation is 1. The van der Waals surface area contributed by atoms with Crippen molar-refractivity contribution in [3.63, 3.8) is 0 Å². The molecule has 0 bridgehead atoms. The van der Waals surface area contributed by atoms with Crippen LogP contribution in [0.25, 0.3) is 0 Å². The van der Waals surface area contributed by atoms with E-state index in [4.69, 9.17) is 0 Å². The Morgan fingerprint density at radius 2 is 2.00 bits per heavy atom. The SMILES string of the molecule is CN1CCCc2cc(CNC(=O)c3cc(S(=O)(=O)N4CCSCC4)c[nH]3)ccc21. The minimum atomic E-state index is -3.55. The first-order chi connectivity index (χ1) is 13.9. The van der Waals surface area contributed by atoms with E-state index < -0.39 is 10.0 Å². The molecule has 1 amide bonds. The van der Waals surface area contributed by atoms with Gasteiger partial charge in [0.05, 0.1) is 0 Å². The molecule has 1 fully saturated rings. The van der Waals surface area contributed by atoms with Gasteiger partial charge in [-0.25, -0.2) is 8.42 Å². The van der Waals surface area contributed by atoms with Crippen molar-refractivity contribution in [2.45, 2.75) is 24.3 Å². The van der Waals surface area contributed by atoms with Crippen LogP contribution in [-0.4, -0.2) is 61.8 Å². The molecular formula is C20H26N4O3S2. The molecule has 2 aliphatic rings. The van der Waals surface area contributed by atoms with Crippen molar-refractivity contribution in [3.8, 4) is 0 Å². The number of hydrogen-bond acceptors (Lipinski definition) is 5. The number of hydrogen-bond donors (Lipinski definition) is 2. The fourth-order valence-corrected chi connectivity index (χ4v) is 6.39. The standard InChI is InChI=1S/C20H26N4O3S2/c1-23-6-2-3-16-11-15(4-5-19(16)23)13-22-20(25)18-12-17(14-21-18)29(26,27)24-7-9-28-10-8-24/h4-5,11-12,14,21H,2-3,6-10,13H2,1H3,(H,22,25). The van der Waals surface area contributed by atoms with E-state index in [2.05, 4.69) is 34.4 Å². The van der Waals surface area contributed by atoms with Gasteiger partial charge < -0.3 is 15.2 Å². The van der Waals surface area contributed by atoms with Gasteiger partial charge in [0.25, 0.3) is 5.91 Å². The number of rotatable bonds is 5. The highest BCUT2D eigenvalue weighted by atomic mass is 32.2. The fraction of sp³-hybridized carbons (Fsp3) is 0.450. The van der Waals surface area contributed by atoms with Crippen LogP contribution in [0.1, 0.15) is 28.0 Å². The summed E-state index contributed by atoms with van der Waals surface area (Å²) in [5, 5.41) is 2.88. The minimum absolute atomic E-state index is 0.145. The van der Waals surface area contributed by atoms with E-state index in [1.807, 2.05) is 6.07 Å². The first kappa shape index (κ1) is 20.3. The van der Waals surface area contributed by atoms with Gasteiger partial charge in [-0.05, 0) is 36.1 Å². The Labute approximate surface area is 175 Å². The molecule has 0 unspecified atom stereocenters. The molecule has 0 aliphatic carbocycles. The van der Waals surface area contributed by atoms with Gasteiger partial charge in [-0.2, -0.15) is 16.1 Å². The maximum atomic E-state index is 12.7. The molecule has 4 rings (SSSR count). The van der Waals surface area contributed by atoms with Crippen LogP contribution in [-0.2, 0) is 23.0 Å². The van der Waals surface area contributed by atoms with E-state index in [1.54, 1.807) is 11.8 Å². The van der Waals surface area contributed by atoms with Crippen LogP contribution in [0.3, 0.4) is 0 Å². The zero-order valence-electron chi connectivity index (χ0n) is 16.5. The molecule has 2 aromatic rings. The van der Waals surface area contributed by atoms with Crippen LogP contribution in [0.2, 0.25) is 0 Å². The Morgan fingerprint density at radius 1 is 1.21 bits per heavy atom. The van der Waals surface area contributed by atoms with Gasteiger partial charge in [-0.15, -0.1) is 0 Å². The van der Waals surface area contributed by atoms with E-state index in [0.717, 1.165) is 36.5 Å². The van der Waals surface area contributed by atoms with Crippen LogP contribution in [0, 0.1) is 0 Å². The molecule has 0 saturated carbocycles. The first-order valence-corrected chi connectivity index (χ1v) is 12.4. The largest absolute Gasteiger partial charge is 0.374 e. The molecule has 2 N–H and O–H groups in total. The van der Waals surface area contributed by atoms with Crippen LogP contribution in [0.4, 0.5) is 5.69 Å². The lowest BCUT2D eigenvalue weighted by atomic mass is 9.99. The van der Waals surface area contributed by atoms with Gasteiger partial charge in [0.15, 0.2) is 0 Å². The van der Waals surface area contributed by atoms with Crippen molar-refractivity contribution >= 4 is 33.4 Å². The first-order valence-electron chi connectivity index (χ1n) is 9.82. The Hall–Kier alpha value is -1.97. The average molecular weight is 435 g/mol. The van der Waals surface area contributed by atoms with Crippen LogP contribution >= 0.6 is 11.8 Å². The lowest BCUT2D eigenvalue weighted by Crippen LogP contribution is -2.37. The van der Waals surface area contributed by atoms with Crippen LogP contribution in [0.5, 0.6) is 0 Å². The Morgan fingerprint density at radius 3 is 2.79 bits per heavy atom. The quantitative estimate of drug-likeness (QED) is 0.753. The number of anilines is 1. The van der Waals surface area contributed by atoms with Gasteiger partial charge in [0, 0.05) is 56.6 Å². The predicted molar refractivity (Wildman–Crippen MR) is 116 cm³/mol. The third kappa shape index (κ3) is 4.31. The number of fused-ring (bicyclic) bond motifs is 1. The van der Waals surface area contributed by atoms with Crippen molar-refractivity contribution in [2.75, 3.05) is 43.1 Å². The number of carbonyl (C=O) groups is 1. The molecule has 1 aromatic heterocycles. The van der Waals surface area contributed by atoms with E-state index >= 15 is 0 Å². The summed E-state index contributed by atoms with van der Waals surface area (Å²) in [7, 11) is -1.46. The Bertz CT molecular complexity index is 997. The fourth-order valence-electron chi connectivity index (χ4n) is 3.82. The maximum Gasteiger partial charge on any atom is 0.268 e. The molecule has 1 saturated heterocycles. The topological polar surface area (TPSA) is 85.5 Å². The second-order valence-electron chi connectivity index (χ2n) is 7.44. The number of amides is 1. The van der Waals surface area contributed by atoms with E-state index in [-0.39, 0.29) is 16.5 Å². The molecule has 2 aliphatic heterocycles. The van der Waals surface area contributed by atoms with E-state index in [0.29, 0.717) is 19.6 Å². The minimum Gasteiger partial charge on any atom is -0.374 e. The summed E-state index contributed by atoms with van der Waals surface area (Å²) in [6, 6.07) is 7.70. The highest BCUT2D eigenvalue weighted by Gasteiger charge is 2.27. The molecule has 0 spiro atoms. The lowest BCUT2D eigenvalue weighted by molar-refractivity contribution is 0.0946. The Kier molecular flexibility index (Phi) is 5.89. The average Bonchev–Trinajstić information content (AvgIpc) is 3.24. The van der Waals surface area contributed by atoms with Crippen molar-refractivity contribution in [3.05, 3.63) is 47.3 Å². The normalized spacial score (nSPS) is 17.8. The monoisotopic (exact) mass is 434 g/mol. The van der Waals surface area contributed by atoms with E-state index in [1.165, 1.54) is 27.8 Å². The van der Waals surface area contributed by atoms with Crippen LogP contribution in [0.15, 0.2) is 35.4 Å². The zero-order valence-corrected chi connectivity index (χ0v) is 18.1. The third-order valence-corrected chi connectivity index (χ3v) is 8.28. The maximum absolute atomic E-state index is 12.7. The van der Waals surface area contributed by atoms with Crippen molar-refractivity contribution in [1.29, 1.82) is 0 Å². The summed E-state index contributed by atoms with van der Waals surface area (Å²) in [6.45, 7) is 2.48. The van der Waals surface area contributed by atoms with Gasteiger partial charge in [0.2, 0.25) is 10.0 Å². The molecule has 1 aromatic carbocycles. The number of aromatic amines is 1. The highest BCUT2D eigenvalue weighted by molar-refractivity contribution is 7.99. The number of aromatic nitrogens is 1. The number of nitrogens with one attached hydrogen (secondary N) is 2. The van der Waals surface area contributed by atoms with Crippen molar-refractivity contribution < 1.29 is 13.2 Å². The molecular weight excluding hydrogens is 408 g/mol. The Balaban J connectivity index is 1.41. The summed E-state index contributed by atoms with van der Waals surface area (Å²) >= 11 is 1.75. The van der Waals surface area contributed by atoms with Gasteiger partial charge in [-0.1, -0.05) is 12.1 Å². The van der Waals surface area contributed by atoms with E-state index in [9.17, 15) is 13.2 Å². The molecule has 0 atom stereocenters. The van der Waals surface area contributed by atoms with Crippen LogP contribution < -0.4 is 10.2 Å². The highest BCUT2D eigenvalue weighted by Crippen LogP contribution is 2.27. The summed E-state index contributed by atoms with van der Waals surface area (Å²) in [5.41, 5.74) is 3.85. The zero-order chi connectivity index (χ0) is 20.4. The smallest absolute Gasteiger partial charge is 0.268 e. The summed E-state index contributed by atoms with van der Waals surface area (Å²) in [4.78, 5) is 17.7. The molecule has 156 valence electrons. The van der Waals surface area contributed by atoms with Gasteiger partial charge in [-0.3, -0.25) is 4.79 Å². The molecule has 7 nitrogen and oxygen atoms in total. The number of H-pyrrole nitrogens is 1. The third-order valence-electron chi connectivity index (χ3n) is 5.46. The predicted octanol–water partition coefficient (Wildman–Crippen LogP) is 2.06. The lowest BCUT2D eigenvalue weighted by Gasteiger charge is -2.27. The molecule has 29 heavy (non-hydrogen) atoms. The molecule has 9 heteroatoms. The summed E-state index contributed by atoms with van der Waals surface area (Å²) in [6.07, 6.45) is 3.59. The number of carbonyl (C=O) groups excluding carboxylic acids is 1. The van der Waals surface area contributed by atoms with Crippen molar-refractivity contribution in [2.24, 2.45) is 0 Å².